The van der Waals surface area contributed by atoms with Gasteiger partial charge >= 0.3 is 47.8 Å². The van der Waals surface area contributed by atoms with E-state index in [0.717, 1.165) is 0 Å². The predicted octanol–water partition coefficient (Wildman–Crippen LogP) is -9.13. The Labute approximate surface area is 240 Å². The van der Waals surface area contributed by atoms with Crippen LogP contribution in [0.15, 0.2) is 0 Å². The van der Waals surface area contributed by atoms with Crippen molar-refractivity contribution in [2.45, 2.75) is 73.2 Å². The summed E-state index contributed by atoms with van der Waals surface area (Å²) in [4.78, 5) is 82.2. The molecule has 24 heteroatoms. The van der Waals surface area contributed by atoms with Crippen LogP contribution in [0.3, 0.4) is 0 Å². The zero-order valence-electron chi connectivity index (χ0n) is 21.2. The maximum Gasteiger partial charge on any atom is 0.347 e. The van der Waals surface area contributed by atoms with E-state index in [9.17, 15) is 38.4 Å². The summed E-state index contributed by atoms with van der Waals surface area (Å²) in [5.41, 5.74) is 0. The van der Waals surface area contributed by atoms with Gasteiger partial charge in [-0.05, 0) is 0 Å². The van der Waals surface area contributed by atoms with E-state index in [1.165, 1.54) is 0 Å². The van der Waals surface area contributed by atoms with Crippen molar-refractivity contribution >= 4 is 47.8 Å². The van der Waals surface area contributed by atoms with Gasteiger partial charge in [0, 0.05) is 0 Å². The zero-order valence-corrected chi connectivity index (χ0v) is 21.2. The fraction of sp³-hybridized carbons (Fsp3) is 0.600. The lowest BCUT2D eigenvalue weighted by Gasteiger charge is -2.06. The molecule has 0 unspecified atom stereocenters. The third-order valence-corrected chi connectivity index (χ3v) is 5.45. The highest BCUT2D eigenvalue weighted by molar-refractivity contribution is 5.87. The molecule has 44 heavy (non-hydrogen) atoms. The molecule has 12 atom stereocenters. The summed E-state index contributed by atoms with van der Waals surface area (Å²) < 4.78 is 16.4. The van der Waals surface area contributed by atoms with Crippen molar-refractivity contribution in [1.82, 2.24) is 0 Å². The van der Waals surface area contributed by atoms with E-state index in [1.54, 1.807) is 0 Å². The monoisotopic (exact) mass is 648 g/mol. The summed E-state index contributed by atoms with van der Waals surface area (Å²) in [5, 5.41) is 103. The van der Waals surface area contributed by atoms with Gasteiger partial charge in [-0.3, -0.25) is 0 Å². The molecule has 12 N–H and O–H groups in total. The molecule has 0 saturated carbocycles. The van der Waals surface area contributed by atoms with Gasteiger partial charge in [-0.15, -0.1) is 0 Å². The number of carbonyl (C=O) groups is 8. The fourth-order valence-electron chi connectivity index (χ4n) is 3.06. The minimum Gasteiger partial charge on any atom is -0.478 e. The normalized spacial score (nSPS) is 36.9. The standard InChI is InChI=1S/4C5H6O6/c4*6-1-2(7)5(10)11-3(1)4(8)9/h4*1-3,6-7H,(H,8,9)/t1-,2+,3+;1-,2+,3-;1-,2-,3+;1-,2-,3-/m1100/s1. The Morgan fingerprint density at radius 1 is 0.364 bits per heavy atom. The van der Waals surface area contributed by atoms with Crippen LogP contribution in [-0.2, 0) is 57.3 Å². The largest absolute Gasteiger partial charge is 0.478 e. The van der Waals surface area contributed by atoms with Crippen LogP contribution in [0, 0.1) is 0 Å². The summed E-state index contributed by atoms with van der Waals surface area (Å²) in [6.45, 7) is 0. The molecule has 4 aliphatic rings. The third-order valence-electron chi connectivity index (χ3n) is 5.45. The molecule has 4 saturated heterocycles. The number of carboxylic acids is 4. The number of carboxylic acid groups (broad SMARTS) is 4. The molecule has 0 bridgehead atoms. The van der Waals surface area contributed by atoms with E-state index in [-0.39, 0.29) is 0 Å². The number of aliphatic hydroxyl groups excluding tert-OH is 8. The molecule has 4 aliphatic heterocycles. The Balaban J connectivity index is 0.000000293. The second-order valence-corrected chi connectivity index (χ2v) is 8.52. The number of carbonyl (C=O) groups excluding carboxylic acids is 4. The SMILES string of the molecule is O=C1O[C@@H](C(=O)O)[C@@H](O)[C@@H]1O.O=C1O[C@@H](C(=O)O)[C@H](O)[C@@H]1O.O=C1O[C@H](C(=O)O)[C@@H](O)[C@@H]1O.O=C1O[C@H](C(=O)O)[C@H](O)[C@@H]1O. The molecular formula is C20H24O24. The predicted molar refractivity (Wildman–Crippen MR) is 118 cm³/mol. The summed E-state index contributed by atoms with van der Waals surface area (Å²) in [7, 11) is 0. The van der Waals surface area contributed by atoms with Gasteiger partial charge in [0.25, 0.3) is 0 Å². The molecule has 4 heterocycles. The number of hydrogen-bond donors (Lipinski definition) is 12. The lowest BCUT2D eigenvalue weighted by molar-refractivity contribution is -0.159. The molecule has 248 valence electrons. The number of cyclic esters (lactones) is 4. The summed E-state index contributed by atoms with van der Waals surface area (Å²) in [6, 6.07) is 0. The maximum atomic E-state index is 10.4. The smallest absolute Gasteiger partial charge is 0.347 e. The first-order valence-electron chi connectivity index (χ1n) is 11.3. The molecule has 0 aliphatic carbocycles. The van der Waals surface area contributed by atoms with E-state index < -0.39 is 121 Å². The van der Waals surface area contributed by atoms with Crippen LogP contribution < -0.4 is 0 Å². The summed E-state index contributed by atoms with van der Waals surface area (Å²) >= 11 is 0. The number of rotatable bonds is 4. The van der Waals surface area contributed by atoms with Gasteiger partial charge in [-0.2, -0.15) is 0 Å². The molecule has 4 fully saturated rings. The minimum atomic E-state index is -1.74. The average molecular weight is 648 g/mol. The quantitative estimate of drug-likeness (QED) is 0.0994. The van der Waals surface area contributed by atoms with Crippen LogP contribution in [0.5, 0.6) is 0 Å². The van der Waals surface area contributed by atoms with Crippen LogP contribution in [0.2, 0.25) is 0 Å². The summed E-state index contributed by atoms with van der Waals surface area (Å²) in [5.74, 6) is -10.3. The van der Waals surface area contributed by atoms with Gasteiger partial charge in [-0.25, -0.2) is 38.4 Å². The Bertz CT molecular complexity index is 973. The number of hydrogen-bond acceptors (Lipinski definition) is 20. The van der Waals surface area contributed by atoms with Crippen molar-refractivity contribution in [3.63, 3.8) is 0 Å². The van der Waals surface area contributed by atoms with Gasteiger partial charge in [0.05, 0.1) is 0 Å². The van der Waals surface area contributed by atoms with Gasteiger partial charge < -0.3 is 80.2 Å². The van der Waals surface area contributed by atoms with Crippen molar-refractivity contribution < 1.29 is 119 Å². The van der Waals surface area contributed by atoms with Gasteiger partial charge in [0.1, 0.15) is 24.4 Å². The molecule has 4 rings (SSSR count). The Kier molecular flexibility index (Phi) is 13.0. The number of aliphatic hydroxyl groups is 8. The Morgan fingerprint density at radius 3 is 0.545 bits per heavy atom. The van der Waals surface area contributed by atoms with Crippen LogP contribution in [0.4, 0.5) is 0 Å². The molecule has 0 aromatic carbocycles. The third kappa shape index (κ3) is 8.74. The number of aliphatic carboxylic acids is 4. The van der Waals surface area contributed by atoms with Crippen LogP contribution in [0.25, 0.3) is 0 Å². The second kappa shape index (κ2) is 15.3. The minimum absolute atomic E-state index is 1.11. The lowest BCUT2D eigenvalue weighted by atomic mass is 10.1. The maximum absolute atomic E-state index is 10.4. The van der Waals surface area contributed by atoms with E-state index in [2.05, 4.69) is 18.9 Å². The van der Waals surface area contributed by atoms with Gasteiger partial charge in [0.2, 0.25) is 24.4 Å². The van der Waals surface area contributed by atoms with Crippen molar-refractivity contribution in [1.29, 1.82) is 0 Å². The zero-order chi connectivity index (χ0) is 34.4. The summed E-state index contributed by atoms with van der Waals surface area (Å²) in [6.07, 6.45) is -20.2. The topological polar surface area (TPSA) is 416 Å². The first-order chi connectivity index (χ1) is 20.1. The van der Waals surface area contributed by atoms with Crippen molar-refractivity contribution in [2.24, 2.45) is 0 Å². The van der Waals surface area contributed by atoms with Crippen LogP contribution in [0.1, 0.15) is 0 Å². The second-order valence-electron chi connectivity index (χ2n) is 8.52. The molecule has 24 nitrogen and oxygen atoms in total. The first kappa shape index (κ1) is 37.5. The number of esters is 4. The van der Waals surface area contributed by atoms with E-state index in [4.69, 9.17) is 61.3 Å². The molecule has 0 aromatic rings. The van der Waals surface area contributed by atoms with Crippen LogP contribution >= 0.6 is 0 Å². The van der Waals surface area contributed by atoms with E-state index in [0.29, 0.717) is 0 Å². The van der Waals surface area contributed by atoms with Crippen molar-refractivity contribution in [3.05, 3.63) is 0 Å². The Hall–Kier alpha value is -4.56. The molecule has 0 aromatic heterocycles. The first-order valence-corrected chi connectivity index (χ1v) is 11.3. The highest BCUT2D eigenvalue weighted by Crippen LogP contribution is 2.17. The number of ether oxygens (including phenoxy) is 4. The van der Waals surface area contributed by atoms with E-state index >= 15 is 0 Å². The Morgan fingerprint density at radius 2 is 0.500 bits per heavy atom. The van der Waals surface area contributed by atoms with Gasteiger partial charge in [0.15, 0.2) is 24.4 Å². The van der Waals surface area contributed by atoms with Gasteiger partial charge in [-0.1, -0.05) is 0 Å². The molecule has 0 amide bonds. The van der Waals surface area contributed by atoms with Crippen LogP contribution in [-0.4, -0.2) is 182 Å². The van der Waals surface area contributed by atoms with Crippen molar-refractivity contribution in [3.8, 4) is 0 Å². The lowest BCUT2D eigenvalue weighted by Crippen LogP contribution is -2.35. The van der Waals surface area contributed by atoms with E-state index in [1.807, 2.05) is 0 Å². The molecule has 0 radical (unpaired) electrons. The highest BCUT2D eigenvalue weighted by Gasteiger charge is 2.49. The fourth-order valence-corrected chi connectivity index (χ4v) is 3.06. The van der Waals surface area contributed by atoms with Crippen molar-refractivity contribution in [2.75, 3.05) is 0 Å². The highest BCUT2D eigenvalue weighted by atomic mass is 16.6. The molecular weight excluding hydrogens is 624 g/mol. The molecule has 0 spiro atoms. The average Bonchev–Trinajstić information content (AvgIpc) is 3.56.